The number of nitrogens with zero attached hydrogens (tertiary/aromatic N) is 1. The molecule has 0 aliphatic heterocycles. The fourth-order valence-corrected chi connectivity index (χ4v) is 1.87. The number of hydrogen-bond donors (Lipinski definition) is 0. The SMILES string of the molecule is CCOC(=O)c1coc(Oc2ccccc2C(C)(C)C)n1. The summed E-state index contributed by atoms with van der Waals surface area (Å²) in [5.74, 6) is 0.127. The maximum atomic E-state index is 11.5. The quantitative estimate of drug-likeness (QED) is 0.798. The predicted molar refractivity (Wildman–Crippen MR) is 77.7 cm³/mol. The topological polar surface area (TPSA) is 61.6 Å². The van der Waals surface area contributed by atoms with Crippen molar-refractivity contribution in [1.82, 2.24) is 4.98 Å². The minimum Gasteiger partial charge on any atom is -0.461 e. The molecule has 0 aliphatic rings. The summed E-state index contributed by atoms with van der Waals surface area (Å²) >= 11 is 0. The van der Waals surface area contributed by atoms with Gasteiger partial charge in [0.25, 0.3) is 0 Å². The molecule has 1 heterocycles. The van der Waals surface area contributed by atoms with Crippen LogP contribution in [0.5, 0.6) is 11.8 Å². The average Bonchev–Trinajstić information content (AvgIpc) is 2.87. The van der Waals surface area contributed by atoms with Crippen molar-refractivity contribution in [3.05, 3.63) is 41.8 Å². The first-order valence-corrected chi connectivity index (χ1v) is 6.82. The molecule has 0 N–H and O–H groups in total. The van der Waals surface area contributed by atoms with E-state index >= 15 is 0 Å². The van der Waals surface area contributed by atoms with Crippen LogP contribution < -0.4 is 4.74 Å². The van der Waals surface area contributed by atoms with E-state index in [9.17, 15) is 4.79 Å². The van der Waals surface area contributed by atoms with Crippen LogP contribution in [0.25, 0.3) is 0 Å². The number of carbonyl (C=O) groups excluding carboxylic acids is 1. The van der Waals surface area contributed by atoms with Crippen LogP contribution in [0.15, 0.2) is 34.9 Å². The lowest BCUT2D eigenvalue weighted by atomic mass is 9.86. The summed E-state index contributed by atoms with van der Waals surface area (Å²) in [7, 11) is 0. The molecule has 1 aromatic carbocycles. The van der Waals surface area contributed by atoms with Crippen LogP contribution in [0.2, 0.25) is 0 Å². The molecule has 1 aromatic heterocycles. The number of esters is 1. The van der Waals surface area contributed by atoms with Gasteiger partial charge in [0.1, 0.15) is 12.0 Å². The largest absolute Gasteiger partial charge is 0.461 e. The smallest absolute Gasteiger partial charge is 0.399 e. The summed E-state index contributed by atoms with van der Waals surface area (Å²) in [6.07, 6.45) is 1.25. The summed E-state index contributed by atoms with van der Waals surface area (Å²) in [5, 5.41) is 0. The van der Waals surface area contributed by atoms with Gasteiger partial charge in [-0.05, 0) is 18.4 Å². The van der Waals surface area contributed by atoms with Gasteiger partial charge in [0.2, 0.25) is 0 Å². The number of ether oxygens (including phenoxy) is 2. The Kier molecular flexibility index (Phi) is 4.31. The highest BCUT2D eigenvalue weighted by Gasteiger charge is 2.21. The van der Waals surface area contributed by atoms with Crippen molar-refractivity contribution in [2.45, 2.75) is 33.1 Å². The van der Waals surface area contributed by atoms with Crippen molar-refractivity contribution in [2.75, 3.05) is 6.61 Å². The Hall–Kier alpha value is -2.30. The number of benzene rings is 1. The standard InChI is InChI=1S/C16H19NO4/c1-5-19-14(18)12-10-20-15(17-12)21-13-9-7-6-8-11(13)16(2,3)4/h6-10H,5H2,1-4H3. The van der Waals surface area contributed by atoms with E-state index in [2.05, 4.69) is 25.8 Å². The highest BCUT2D eigenvalue weighted by atomic mass is 16.6. The normalized spacial score (nSPS) is 11.2. The van der Waals surface area contributed by atoms with Crippen LogP contribution in [0.1, 0.15) is 43.7 Å². The van der Waals surface area contributed by atoms with Crippen molar-refractivity contribution < 1.29 is 18.7 Å². The number of carbonyl (C=O) groups is 1. The third kappa shape index (κ3) is 3.62. The first-order chi connectivity index (χ1) is 9.91. The monoisotopic (exact) mass is 289 g/mol. The Morgan fingerprint density at radius 3 is 2.67 bits per heavy atom. The Balaban J connectivity index is 2.22. The number of rotatable bonds is 4. The molecule has 0 fully saturated rings. The van der Waals surface area contributed by atoms with Gasteiger partial charge >= 0.3 is 12.0 Å². The molecule has 112 valence electrons. The zero-order chi connectivity index (χ0) is 15.5. The fraction of sp³-hybridized carbons (Fsp3) is 0.375. The lowest BCUT2D eigenvalue weighted by Crippen LogP contribution is -2.12. The van der Waals surface area contributed by atoms with Gasteiger partial charge in [-0.1, -0.05) is 39.0 Å². The zero-order valence-electron chi connectivity index (χ0n) is 12.7. The Bertz CT molecular complexity index is 625. The second-order valence-corrected chi connectivity index (χ2v) is 5.57. The van der Waals surface area contributed by atoms with Crippen LogP contribution in [0, 0.1) is 0 Å². The Labute approximate surface area is 123 Å². The minimum absolute atomic E-state index is 0.0229. The van der Waals surface area contributed by atoms with Gasteiger partial charge in [0.05, 0.1) is 6.61 Å². The summed E-state index contributed by atoms with van der Waals surface area (Å²) in [6, 6.07) is 7.66. The molecule has 0 amide bonds. The second kappa shape index (κ2) is 5.99. The van der Waals surface area contributed by atoms with Crippen molar-refractivity contribution in [3.8, 4) is 11.8 Å². The highest BCUT2D eigenvalue weighted by molar-refractivity contribution is 5.86. The van der Waals surface area contributed by atoms with Gasteiger partial charge < -0.3 is 13.9 Å². The van der Waals surface area contributed by atoms with Gasteiger partial charge in [-0.2, -0.15) is 4.98 Å². The zero-order valence-corrected chi connectivity index (χ0v) is 12.7. The van der Waals surface area contributed by atoms with Crippen LogP contribution in [-0.4, -0.2) is 17.6 Å². The summed E-state index contributed by atoms with van der Waals surface area (Å²) < 4.78 is 15.7. The molecule has 2 rings (SSSR count). The molecule has 0 aliphatic carbocycles. The highest BCUT2D eigenvalue weighted by Crippen LogP contribution is 2.33. The van der Waals surface area contributed by atoms with E-state index in [1.165, 1.54) is 6.26 Å². The first-order valence-electron chi connectivity index (χ1n) is 6.82. The van der Waals surface area contributed by atoms with E-state index in [0.29, 0.717) is 5.75 Å². The molecule has 2 aromatic rings. The van der Waals surface area contributed by atoms with Crippen molar-refractivity contribution >= 4 is 5.97 Å². The van der Waals surface area contributed by atoms with Gasteiger partial charge in [-0.3, -0.25) is 0 Å². The van der Waals surface area contributed by atoms with E-state index in [1.807, 2.05) is 24.3 Å². The molecular weight excluding hydrogens is 270 g/mol. The van der Waals surface area contributed by atoms with Crippen molar-refractivity contribution in [2.24, 2.45) is 0 Å². The first kappa shape index (κ1) is 15.1. The van der Waals surface area contributed by atoms with Crippen molar-refractivity contribution in [1.29, 1.82) is 0 Å². The van der Waals surface area contributed by atoms with Crippen LogP contribution in [-0.2, 0) is 10.2 Å². The molecule has 5 heteroatoms. The number of oxazole rings is 1. The predicted octanol–water partition coefficient (Wildman–Crippen LogP) is 3.94. The van der Waals surface area contributed by atoms with E-state index in [0.717, 1.165) is 5.56 Å². The maximum Gasteiger partial charge on any atom is 0.399 e. The van der Waals surface area contributed by atoms with E-state index < -0.39 is 5.97 Å². The second-order valence-electron chi connectivity index (χ2n) is 5.57. The third-order valence-electron chi connectivity index (χ3n) is 2.86. The molecule has 0 radical (unpaired) electrons. The fourth-order valence-electron chi connectivity index (χ4n) is 1.87. The maximum absolute atomic E-state index is 11.5. The van der Waals surface area contributed by atoms with Crippen LogP contribution >= 0.6 is 0 Å². The molecule has 0 saturated carbocycles. The average molecular weight is 289 g/mol. The summed E-state index contributed by atoms with van der Waals surface area (Å²) in [6.45, 7) is 8.29. The van der Waals surface area contributed by atoms with E-state index in [1.54, 1.807) is 6.92 Å². The lowest BCUT2D eigenvalue weighted by molar-refractivity contribution is 0.0519. The van der Waals surface area contributed by atoms with Gasteiger partial charge in [-0.15, -0.1) is 0 Å². The molecule has 21 heavy (non-hydrogen) atoms. The van der Waals surface area contributed by atoms with Gasteiger partial charge in [0, 0.05) is 5.56 Å². The summed E-state index contributed by atoms with van der Waals surface area (Å²) in [5.41, 5.74) is 1.05. The molecule has 5 nitrogen and oxygen atoms in total. The molecule has 0 atom stereocenters. The lowest BCUT2D eigenvalue weighted by Gasteiger charge is -2.21. The van der Waals surface area contributed by atoms with Crippen molar-refractivity contribution in [3.63, 3.8) is 0 Å². The van der Waals surface area contributed by atoms with E-state index in [4.69, 9.17) is 13.9 Å². The molecule has 0 spiro atoms. The molecule has 0 bridgehead atoms. The molecule has 0 saturated heterocycles. The van der Waals surface area contributed by atoms with Gasteiger partial charge in [0.15, 0.2) is 5.69 Å². The minimum atomic E-state index is -0.528. The molecular formula is C16H19NO4. The van der Waals surface area contributed by atoms with Crippen LogP contribution in [0.3, 0.4) is 0 Å². The van der Waals surface area contributed by atoms with Crippen LogP contribution in [0.4, 0.5) is 0 Å². The number of hydrogen-bond acceptors (Lipinski definition) is 5. The Morgan fingerprint density at radius 2 is 2.00 bits per heavy atom. The number of aromatic nitrogens is 1. The molecule has 0 unspecified atom stereocenters. The van der Waals surface area contributed by atoms with Gasteiger partial charge in [-0.25, -0.2) is 4.79 Å². The summed E-state index contributed by atoms with van der Waals surface area (Å²) in [4.78, 5) is 15.5. The third-order valence-corrected chi connectivity index (χ3v) is 2.86. The van der Waals surface area contributed by atoms with E-state index in [-0.39, 0.29) is 23.8 Å². The number of para-hydroxylation sites is 1. The Morgan fingerprint density at radius 1 is 1.29 bits per heavy atom.